The van der Waals surface area contributed by atoms with Crippen molar-refractivity contribution in [3.8, 4) is 0 Å². The molecule has 2 aromatic carbocycles. The van der Waals surface area contributed by atoms with E-state index in [1.54, 1.807) is 0 Å². The molecule has 1 heteroatoms. The lowest BCUT2D eigenvalue weighted by Gasteiger charge is -2.42. The summed E-state index contributed by atoms with van der Waals surface area (Å²) in [5.74, 6) is 0. The van der Waals surface area contributed by atoms with Crippen molar-refractivity contribution in [1.29, 1.82) is 0 Å². The Labute approximate surface area is 160 Å². The molecule has 0 fully saturated rings. The minimum Gasteiger partial charge on any atom is -0.0576 e. The minimum absolute atomic E-state index is 0.271. The fraction of sp³-hybridized carbons (Fsp3) is 0.391. The molecule has 0 nitrogen and oxygen atoms in total. The van der Waals surface area contributed by atoms with E-state index in [0.717, 1.165) is 0 Å². The van der Waals surface area contributed by atoms with Crippen LogP contribution in [0.4, 0.5) is 0 Å². The standard InChI is InChI=1S/C23H27I/c1-16-14-19(24)10-9-18(16)8-6-17-7-11-20-21(15-17)23(4,5)13-12-22(20,2)3/h6-11,14-15H,12-13H2,1-5H3/b8-6+. The van der Waals surface area contributed by atoms with Crippen molar-refractivity contribution in [1.82, 2.24) is 0 Å². The van der Waals surface area contributed by atoms with Gasteiger partial charge in [-0.1, -0.05) is 64.1 Å². The number of benzene rings is 2. The van der Waals surface area contributed by atoms with Crippen LogP contribution in [0.2, 0.25) is 0 Å². The van der Waals surface area contributed by atoms with Gasteiger partial charge in [0.2, 0.25) is 0 Å². The molecule has 126 valence electrons. The number of rotatable bonds is 2. The van der Waals surface area contributed by atoms with Crippen LogP contribution in [0.5, 0.6) is 0 Å². The third-order valence-electron chi connectivity index (χ3n) is 5.56. The van der Waals surface area contributed by atoms with Gasteiger partial charge < -0.3 is 0 Å². The Balaban J connectivity index is 1.98. The van der Waals surface area contributed by atoms with Crippen LogP contribution in [0, 0.1) is 10.5 Å². The smallest absolute Gasteiger partial charge is 0.0133 e. The molecule has 0 saturated carbocycles. The Hall–Kier alpha value is -1.09. The van der Waals surface area contributed by atoms with Gasteiger partial charge >= 0.3 is 0 Å². The van der Waals surface area contributed by atoms with Crippen LogP contribution in [0.15, 0.2) is 36.4 Å². The van der Waals surface area contributed by atoms with Crippen molar-refractivity contribution < 1.29 is 0 Å². The molecule has 0 radical (unpaired) electrons. The van der Waals surface area contributed by atoms with Gasteiger partial charge in [-0.05, 0) is 93.1 Å². The maximum Gasteiger partial charge on any atom is 0.0133 e. The van der Waals surface area contributed by atoms with Crippen LogP contribution in [0.3, 0.4) is 0 Å². The maximum atomic E-state index is 2.41. The first-order chi connectivity index (χ1) is 11.2. The highest BCUT2D eigenvalue weighted by atomic mass is 127. The highest BCUT2D eigenvalue weighted by molar-refractivity contribution is 14.1. The summed E-state index contributed by atoms with van der Waals surface area (Å²) in [6.07, 6.45) is 7.03. The Morgan fingerprint density at radius 3 is 2.17 bits per heavy atom. The molecule has 0 saturated heterocycles. The van der Waals surface area contributed by atoms with E-state index in [9.17, 15) is 0 Å². The lowest BCUT2D eigenvalue weighted by Crippen LogP contribution is -2.33. The zero-order chi connectivity index (χ0) is 17.5. The Morgan fingerprint density at radius 2 is 1.50 bits per heavy atom. The van der Waals surface area contributed by atoms with E-state index in [-0.39, 0.29) is 5.41 Å². The number of halogens is 1. The summed E-state index contributed by atoms with van der Waals surface area (Å²) in [5, 5.41) is 0. The van der Waals surface area contributed by atoms with Crippen molar-refractivity contribution >= 4 is 34.7 Å². The average Bonchev–Trinajstić information content (AvgIpc) is 2.51. The first kappa shape index (κ1) is 17.7. The molecule has 0 spiro atoms. The zero-order valence-corrected chi connectivity index (χ0v) is 17.6. The van der Waals surface area contributed by atoms with E-state index in [2.05, 4.69) is 106 Å². The topological polar surface area (TPSA) is 0 Å². The molecule has 2 aromatic rings. The number of hydrogen-bond donors (Lipinski definition) is 0. The van der Waals surface area contributed by atoms with Crippen molar-refractivity contribution in [3.05, 3.63) is 67.8 Å². The lowest BCUT2D eigenvalue weighted by atomic mass is 9.63. The highest BCUT2D eigenvalue weighted by Gasteiger charge is 2.36. The van der Waals surface area contributed by atoms with Crippen LogP contribution in [0.25, 0.3) is 12.2 Å². The van der Waals surface area contributed by atoms with Crippen LogP contribution < -0.4 is 0 Å². The number of fused-ring (bicyclic) bond motifs is 1. The molecule has 0 heterocycles. The van der Waals surface area contributed by atoms with Gasteiger partial charge in [0.1, 0.15) is 0 Å². The molecular formula is C23H27I. The molecule has 0 bridgehead atoms. The largest absolute Gasteiger partial charge is 0.0576 e. The molecular weight excluding hydrogens is 403 g/mol. The van der Waals surface area contributed by atoms with Gasteiger partial charge in [-0.15, -0.1) is 0 Å². The van der Waals surface area contributed by atoms with Crippen LogP contribution in [-0.4, -0.2) is 0 Å². The normalized spacial score (nSPS) is 18.6. The number of aryl methyl sites for hydroxylation is 1. The first-order valence-electron chi connectivity index (χ1n) is 8.78. The van der Waals surface area contributed by atoms with Crippen molar-refractivity contribution in [2.75, 3.05) is 0 Å². The van der Waals surface area contributed by atoms with Gasteiger partial charge in [0, 0.05) is 3.57 Å². The van der Waals surface area contributed by atoms with Crippen LogP contribution >= 0.6 is 22.6 Å². The second-order valence-corrected chi connectivity index (χ2v) is 9.65. The lowest BCUT2D eigenvalue weighted by molar-refractivity contribution is 0.332. The Morgan fingerprint density at radius 1 is 0.833 bits per heavy atom. The average molecular weight is 430 g/mol. The molecule has 1 aliphatic carbocycles. The molecule has 0 aromatic heterocycles. The number of hydrogen-bond acceptors (Lipinski definition) is 0. The third kappa shape index (κ3) is 3.46. The quantitative estimate of drug-likeness (QED) is 0.352. The summed E-state index contributed by atoms with van der Waals surface area (Å²) in [7, 11) is 0. The predicted molar refractivity (Wildman–Crippen MR) is 115 cm³/mol. The van der Waals surface area contributed by atoms with E-state index in [1.807, 2.05) is 0 Å². The van der Waals surface area contributed by atoms with Crippen LogP contribution in [-0.2, 0) is 10.8 Å². The van der Waals surface area contributed by atoms with Gasteiger partial charge in [0.15, 0.2) is 0 Å². The summed E-state index contributed by atoms with van der Waals surface area (Å²) >= 11 is 2.37. The SMILES string of the molecule is Cc1cc(I)ccc1/C=C/c1ccc2c(c1)C(C)(C)CCC2(C)C. The van der Waals surface area contributed by atoms with Gasteiger partial charge in [0.25, 0.3) is 0 Å². The van der Waals surface area contributed by atoms with E-state index < -0.39 is 0 Å². The Kier molecular flexibility index (Phi) is 4.67. The van der Waals surface area contributed by atoms with Gasteiger partial charge in [-0.3, -0.25) is 0 Å². The maximum absolute atomic E-state index is 2.41. The predicted octanol–water partition coefficient (Wildman–Crippen LogP) is 7.12. The fourth-order valence-electron chi connectivity index (χ4n) is 3.72. The summed E-state index contributed by atoms with van der Waals surface area (Å²) in [4.78, 5) is 0. The van der Waals surface area contributed by atoms with Gasteiger partial charge in [-0.25, -0.2) is 0 Å². The molecule has 0 aliphatic heterocycles. The molecule has 0 unspecified atom stereocenters. The van der Waals surface area contributed by atoms with Crippen molar-refractivity contribution in [2.45, 2.75) is 58.3 Å². The summed E-state index contributed by atoms with van der Waals surface area (Å²) in [6, 6.07) is 13.7. The molecule has 1 aliphatic rings. The van der Waals surface area contributed by atoms with Gasteiger partial charge in [0.05, 0.1) is 0 Å². The van der Waals surface area contributed by atoms with E-state index >= 15 is 0 Å². The minimum atomic E-state index is 0.271. The van der Waals surface area contributed by atoms with E-state index in [0.29, 0.717) is 5.41 Å². The third-order valence-corrected chi connectivity index (χ3v) is 6.24. The molecule has 0 atom stereocenters. The van der Waals surface area contributed by atoms with Gasteiger partial charge in [-0.2, -0.15) is 0 Å². The summed E-state index contributed by atoms with van der Waals surface area (Å²) < 4.78 is 1.29. The van der Waals surface area contributed by atoms with Crippen molar-refractivity contribution in [3.63, 3.8) is 0 Å². The van der Waals surface area contributed by atoms with Crippen molar-refractivity contribution in [2.24, 2.45) is 0 Å². The summed E-state index contributed by atoms with van der Waals surface area (Å²) in [5.41, 5.74) is 7.55. The fourth-order valence-corrected chi connectivity index (χ4v) is 4.37. The molecule has 3 rings (SSSR count). The second kappa shape index (κ2) is 6.33. The van der Waals surface area contributed by atoms with E-state index in [4.69, 9.17) is 0 Å². The molecule has 24 heavy (non-hydrogen) atoms. The highest BCUT2D eigenvalue weighted by Crippen LogP contribution is 2.46. The second-order valence-electron chi connectivity index (χ2n) is 8.41. The zero-order valence-electron chi connectivity index (χ0n) is 15.4. The van der Waals surface area contributed by atoms with Crippen LogP contribution in [0.1, 0.15) is 68.4 Å². The first-order valence-corrected chi connectivity index (χ1v) is 9.86. The Bertz CT molecular complexity index is 794. The summed E-state index contributed by atoms with van der Waals surface area (Å²) in [6.45, 7) is 11.7. The van der Waals surface area contributed by atoms with E-state index in [1.165, 1.54) is 44.2 Å². The molecule has 0 amide bonds. The monoisotopic (exact) mass is 430 g/mol. The molecule has 0 N–H and O–H groups in total.